The van der Waals surface area contributed by atoms with Gasteiger partial charge in [0.05, 0.1) is 28.6 Å². The molecule has 10 nitrogen and oxygen atoms in total. The Balaban J connectivity index is 1.31. The van der Waals surface area contributed by atoms with Crippen molar-refractivity contribution in [2.45, 2.75) is 37.3 Å². The third-order valence-corrected chi connectivity index (χ3v) is 7.43. The van der Waals surface area contributed by atoms with E-state index >= 15 is 4.39 Å². The lowest BCUT2D eigenvalue weighted by molar-refractivity contribution is -0.129. The number of aliphatic hydroxyl groups is 1. The number of hydrogen-bond acceptors (Lipinski definition) is 7. The summed E-state index contributed by atoms with van der Waals surface area (Å²) in [4.78, 5) is 25.7. The third kappa shape index (κ3) is 4.23. The highest BCUT2D eigenvalue weighted by Gasteiger charge is 2.42. The Kier molecular flexibility index (Phi) is 6.38. The number of nitrogens with zero attached hydrogens (tertiary/aromatic N) is 7. The topological polar surface area (TPSA) is 126 Å². The Hall–Kier alpha value is -4.17. The fourth-order valence-corrected chi connectivity index (χ4v) is 5.49. The van der Waals surface area contributed by atoms with Crippen molar-refractivity contribution >= 4 is 23.1 Å². The monoisotopic (exact) mass is 574 g/mol. The number of hydrogen-bond donors (Lipinski definition) is 2. The first kappa shape index (κ1) is 26.1. The second-order valence-corrected chi connectivity index (χ2v) is 9.85. The van der Waals surface area contributed by atoms with Gasteiger partial charge in [-0.2, -0.15) is 13.5 Å². The van der Waals surface area contributed by atoms with Crippen LogP contribution in [0.2, 0.25) is 5.02 Å². The number of rotatable bonds is 6. The second kappa shape index (κ2) is 9.78. The van der Waals surface area contributed by atoms with E-state index in [4.69, 9.17) is 16.7 Å². The Morgan fingerprint density at radius 2 is 1.98 bits per heavy atom. The second-order valence-electron chi connectivity index (χ2n) is 9.44. The maximum Gasteiger partial charge on any atom is 0.315 e. The van der Waals surface area contributed by atoms with E-state index in [2.05, 4.69) is 30.5 Å². The lowest BCUT2D eigenvalue weighted by Gasteiger charge is -2.33. The molecule has 1 amide bonds. The lowest BCUT2D eigenvalue weighted by Crippen LogP contribution is -2.39. The molecule has 40 heavy (non-hydrogen) atoms. The molecule has 2 aliphatic heterocycles. The van der Waals surface area contributed by atoms with E-state index in [1.54, 1.807) is 11.0 Å². The van der Waals surface area contributed by atoms with Crippen molar-refractivity contribution in [1.29, 1.82) is 0 Å². The largest absolute Gasteiger partial charge is 0.390 e. The predicted molar refractivity (Wildman–Crippen MR) is 132 cm³/mol. The number of tetrazole rings is 1. The Labute approximate surface area is 228 Å². The number of nitrogens with one attached hydrogen (secondary N) is 1. The number of amides is 1. The van der Waals surface area contributed by atoms with Gasteiger partial charge in [0, 0.05) is 29.4 Å². The fourth-order valence-electron chi connectivity index (χ4n) is 5.33. The highest BCUT2D eigenvalue weighted by atomic mass is 35.5. The molecule has 4 aromatic rings. The molecule has 2 atom stereocenters. The molecular weight excluding hydrogens is 556 g/mol. The minimum absolute atomic E-state index is 0.112. The standard InChI is InChI=1S/C25H19ClF4N8O2/c26-15-2-4-17(37-11-33-35-36-37)20(22(15)28)12-7-13-1-3-18(38(13)19(40)8-12)24-32-9-16(34-24)14-5-6-31-23(21(14)27)25(29,30)10-39/h2,4-6,8-9,11,13,18,39H,1,3,7,10H2,(H,32,34)/t13-,18+/m1/s1. The van der Waals surface area contributed by atoms with Crippen molar-refractivity contribution in [3.63, 3.8) is 0 Å². The first-order valence-corrected chi connectivity index (χ1v) is 12.5. The van der Waals surface area contributed by atoms with Gasteiger partial charge in [-0.15, -0.1) is 5.10 Å². The molecular formula is C25H19ClF4N8O2. The average Bonchev–Trinajstić information content (AvgIpc) is 3.71. The van der Waals surface area contributed by atoms with Gasteiger partial charge in [0.25, 0.3) is 0 Å². The molecule has 1 fully saturated rings. The molecule has 0 spiro atoms. The summed E-state index contributed by atoms with van der Waals surface area (Å²) < 4.78 is 59.4. The van der Waals surface area contributed by atoms with Gasteiger partial charge < -0.3 is 15.0 Å². The molecule has 1 aromatic carbocycles. The zero-order valence-corrected chi connectivity index (χ0v) is 21.2. The summed E-state index contributed by atoms with van der Waals surface area (Å²) in [6.07, 6.45) is 6.36. The highest BCUT2D eigenvalue weighted by molar-refractivity contribution is 6.31. The van der Waals surface area contributed by atoms with Crippen LogP contribution in [-0.2, 0) is 10.7 Å². The maximum absolute atomic E-state index is 15.3. The molecule has 206 valence electrons. The van der Waals surface area contributed by atoms with Gasteiger partial charge in [0.2, 0.25) is 5.91 Å². The molecule has 2 aliphatic rings. The summed E-state index contributed by atoms with van der Waals surface area (Å²) in [5.41, 5.74) is -0.377. The first-order chi connectivity index (χ1) is 19.2. The number of aromatic amines is 1. The van der Waals surface area contributed by atoms with Crippen LogP contribution in [0.5, 0.6) is 0 Å². The summed E-state index contributed by atoms with van der Waals surface area (Å²) >= 11 is 6.07. The van der Waals surface area contributed by atoms with Gasteiger partial charge in [-0.1, -0.05) is 11.6 Å². The van der Waals surface area contributed by atoms with Crippen molar-refractivity contribution in [2.75, 3.05) is 6.61 Å². The Morgan fingerprint density at radius 1 is 1.15 bits per heavy atom. The summed E-state index contributed by atoms with van der Waals surface area (Å²) in [6, 6.07) is 3.36. The van der Waals surface area contributed by atoms with E-state index in [0.717, 1.165) is 6.20 Å². The highest BCUT2D eigenvalue weighted by Crippen LogP contribution is 2.44. The van der Waals surface area contributed by atoms with Crippen LogP contribution in [0.3, 0.4) is 0 Å². The van der Waals surface area contributed by atoms with E-state index in [-0.39, 0.29) is 33.8 Å². The van der Waals surface area contributed by atoms with E-state index in [1.165, 1.54) is 35.4 Å². The predicted octanol–water partition coefficient (Wildman–Crippen LogP) is 3.98. The van der Waals surface area contributed by atoms with Crippen molar-refractivity contribution in [2.24, 2.45) is 0 Å². The molecule has 0 saturated carbocycles. The minimum atomic E-state index is -3.86. The third-order valence-electron chi connectivity index (χ3n) is 7.14. The number of pyridine rings is 1. The van der Waals surface area contributed by atoms with E-state index in [0.29, 0.717) is 36.3 Å². The van der Waals surface area contributed by atoms with Crippen molar-refractivity contribution in [3.05, 3.63) is 76.7 Å². The van der Waals surface area contributed by atoms with Crippen LogP contribution in [0.4, 0.5) is 17.6 Å². The van der Waals surface area contributed by atoms with E-state index < -0.39 is 35.9 Å². The maximum atomic E-state index is 15.3. The van der Waals surface area contributed by atoms with Crippen LogP contribution in [0, 0.1) is 11.6 Å². The van der Waals surface area contributed by atoms with Gasteiger partial charge in [0.15, 0.2) is 11.6 Å². The molecule has 0 aliphatic carbocycles. The van der Waals surface area contributed by atoms with Crippen LogP contribution in [0.1, 0.15) is 42.4 Å². The summed E-state index contributed by atoms with van der Waals surface area (Å²) in [6.45, 7) is -1.60. The van der Waals surface area contributed by atoms with Gasteiger partial charge in [-0.3, -0.25) is 9.78 Å². The lowest BCUT2D eigenvalue weighted by atomic mass is 9.92. The smallest absolute Gasteiger partial charge is 0.315 e. The SMILES string of the molecule is O=C1C=C(c2c(-n3cnnn3)ccc(Cl)c2F)C[C@H]2CC[C@@H](c3ncc(-c4ccnc(C(F)(F)CO)c4F)[nH]3)N12. The van der Waals surface area contributed by atoms with Crippen LogP contribution in [0.15, 0.2) is 43.0 Å². The summed E-state index contributed by atoms with van der Waals surface area (Å²) in [5.74, 6) is -5.88. The van der Waals surface area contributed by atoms with Gasteiger partial charge >= 0.3 is 5.92 Å². The molecule has 3 aromatic heterocycles. The number of fused-ring (bicyclic) bond motifs is 1. The number of imidazole rings is 1. The van der Waals surface area contributed by atoms with Crippen molar-refractivity contribution in [3.8, 4) is 16.9 Å². The van der Waals surface area contributed by atoms with Gasteiger partial charge in [0.1, 0.15) is 24.5 Å². The number of alkyl halides is 2. The van der Waals surface area contributed by atoms with Gasteiger partial charge in [-0.25, -0.2) is 13.8 Å². The molecule has 1 saturated heterocycles. The molecule has 15 heteroatoms. The van der Waals surface area contributed by atoms with Crippen LogP contribution >= 0.6 is 11.6 Å². The number of carbonyl (C=O) groups is 1. The molecule has 0 bridgehead atoms. The molecule has 2 N–H and O–H groups in total. The zero-order chi connectivity index (χ0) is 28.2. The van der Waals surface area contributed by atoms with Crippen LogP contribution < -0.4 is 0 Å². The number of benzene rings is 1. The number of aliphatic hydroxyl groups excluding tert-OH is 1. The van der Waals surface area contributed by atoms with Gasteiger partial charge in [-0.05, 0) is 53.5 Å². The molecule has 0 unspecified atom stereocenters. The normalized spacial score (nSPS) is 19.2. The first-order valence-electron chi connectivity index (χ1n) is 12.1. The summed E-state index contributed by atoms with van der Waals surface area (Å²) in [5, 5.41) is 19.9. The molecule has 0 radical (unpaired) electrons. The van der Waals surface area contributed by atoms with Crippen molar-refractivity contribution in [1.82, 2.24) is 40.1 Å². The minimum Gasteiger partial charge on any atom is -0.390 e. The number of halogens is 5. The summed E-state index contributed by atoms with van der Waals surface area (Å²) in [7, 11) is 0. The zero-order valence-electron chi connectivity index (χ0n) is 20.4. The number of aromatic nitrogens is 7. The average molecular weight is 575 g/mol. The Bertz CT molecular complexity index is 1640. The molecule has 5 heterocycles. The quantitative estimate of drug-likeness (QED) is 0.334. The number of H-pyrrole nitrogens is 1. The number of carbonyl (C=O) groups excluding carboxylic acids is 1. The Morgan fingerprint density at radius 3 is 2.73 bits per heavy atom. The van der Waals surface area contributed by atoms with Crippen LogP contribution in [-0.4, -0.2) is 63.7 Å². The van der Waals surface area contributed by atoms with Crippen molar-refractivity contribution < 1.29 is 27.5 Å². The van der Waals surface area contributed by atoms with E-state index in [9.17, 15) is 18.0 Å². The molecule has 6 rings (SSSR count). The van der Waals surface area contributed by atoms with E-state index in [1.807, 2.05) is 0 Å². The fraction of sp³-hybridized carbons (Fsp3) is 0.280. The van der Waals surface area contributed by atoms with Crippen LogP contribution in [0.25, 0.3) is 22.5 Å².